The van der Waals surface area contributed by atoms with Crippen LogP contribution in [0.4, 0.5) is 0 Å². The van der Waals surface area contributed by atoms with E-state index in [-0.39, 0.29) is 5.97 Å². The fourth-order valence-corrected chi connectivity index (χ4v) is 2.14. The van der Waals surface area contributed by atoms with Crippen molar-refractivity contribution in [1.29, 1.82) is 0 Å². The highest BCUT2D eigenvalue weighted by Crippen LogP contribution is 2.18. The van der Waals surface area contributed by atoms with Gasteiger partial charge in [-0.2, -0.15) is 0 Å². The number of rotatable bonds is 4. The van der Waals surface area contributed by atoms with Crippen molar-refractivity contribution in [3.05, 3.63) is 72.1 Å². The summed E-state index contributed by atoms with van der Waals surface area (Å²) in [5.74, 6) is 0.406. The van der Waals surface area contributed by atoms with Gasteiger partial charge in [0, 0.05) is 11.7 Å². The van der Waals surface area contributed by atoms with Crippen LogP contribution in [-0.2, 0) is 11.3 Å². The summed E-state index contributed by atoms with van der Waals surface area (Å²) in [5, 5.41) is 0. The van der Waals surface area contributed by atoms with Crippen LogP contribution in [0.25, 0.3) is 5.52 Å². The number of hydrogen-bond acceptors (Lipinski definition) is 3. The molecule has 0 N–H and O–H groups in total. The minimum absolute atomic E-state index is 0.342. The SMILES string of the molecule is COC(=O)c1cc2ccc(OCc3ccccc3)cn2c1. The van der Waals surface area contributed by atoms with Crippen molar-refractivity contribution >= 4 is 11.5 Å². The molecule has 3 rings (SSSR count). The Labute approximate surface area is 122 Å². The molecule has 0 radical (unpaired) electrons. The molecule has 4 heteroatoms. The highest BCUT2D eigenvalue weighted by atomic mass is 16.5. The van der Waals surface area contributed by atoms with Crippen molar-refractivity contribution < 1.29 is 14.3 Å². The lowest BCUT2D eigenvalue weighted by molar-refractivity contribution is 0.0601. The van der Waals surface area contributed by atoms with Gasteiger partial charge in [-0.05, 0) is 23.8 Å². The summed E-state index contributed by atoms with van der Waals surface area (Å²) in [6, 6.07) is 15.6. The van der Waals surface area contributed by atoms with Crippen LogP contribution in [0.3, 0.4) is 0 Å². The molecule has 0 amide bonds. The van der Waals surface area contributed by atoms with E-state index in [0.717, 1.165) is 16.8 Å². The molecule has 3 aromatic rings. The number of carbonyl (C=O) groups excluding carboxylic acids is 1. The minimum Gasteiger partial charge on any atom is -0.487 e. The first kappa shape index (κ1) is 13.2. The standard InChI is InChI=1S/C17H15NO3/c1-20-17(19)14-9-15-7-8-16(11-18(15)10-14)21-12-13-5-3-2-4-6-13/h2-11H,12H2,1H3. The summed E-state index contributed by atoms with van der Waals surface area (Å²) in [7, 11) is 1.37. The lowest BCUT2D eigenvalue weighted by Gasteiger charge is -2.06. The lowest BCUT2D eigenvalue weighted by atomic mass is 10.2. The molecule has 1 aromatic carbocycles. The normalized spacial score (nSPS) is 10.5. The molecule has 2 heterocycles. The van der Waals surface area contributed by atoms with Gasteiger partial charge in [0.25, 0.3) is 0 Å². The van der Waals surface area contributed by atoms with Crippen LogP contribution in [0.15, 0.2) is 60.9 Å². The zero-order valence-electron chi connectivity index (χ0n) is 11.7. The van der Waals surface area contributed by atoms with Gasteiger partial charge < -0.3 is 13.9 Å². The van der Waals surface area contributed by atoms with E-state index in [2.05, 4.69) is 0 Å². The van der Waals surface area contributed by atoms with Crippen LogP contribution in [0.5, 0.6) is 5.75 Å². The fraction of sp³-hybridized carbons (Fsp3) is 0.118. The highest BCUT2D eigenvalue weighted by Gasteiger charge is 2.08. The molecule has 0 unspecified atom stereocenters. The number of carbonyl (C=O) groups is 1. The van der Waals surface area contributed by atoms with Crippen LogP contribution in [0.2, 0.25) is 0 Å². The minimum atomic E-state index is -0.342. The number of esters is 1. The smallest absolute Gasteiger partial charge is 0.339 e. The molecule has 0 saturated heterocycles. The maximum Gasteiger partial charge on any atom is 0.339 e. The molecule has 0 saturated carbocycles. The predicted octanol–water partition coefficient (Wildman–Crippen LogP) is 3.30. The van der Waals surface area contributed by atoms with E-state index in [1.54, 1.807) is 12.3 Å². The molecule has 0 aliphatic carbocycles. The monoisotopic (exact) mass is 281 g/mol. The number of nitrogens with zero attached hydrogens (tertiary/aromatic N) is 1. The van der Waals surface area contributed by atoms with E-state index in [4.69, 9.17) is 9.47 Å². The van der Waals surface area contributed by atoms with E-state index in [1.807, 2.05) is 53.1 Å². The van der Waals surface area contributed by atoms with Gasteiger partial charge in [0.05, 0.1) is 18.9 Å². The second-order valence-electron chi connectivity index (χ2n) is 4.69. The maximum atomic E-state index is 11.5. The summed E-state index contributed by atoms with van der Waals surface area (Å²) in [4.78, 5) is 11.5. The largest absolute Gasteiger partial charge is 0.487 e. The van der Waals surface area contributed by atoms with Gasteiger partial charge in [0.15, 0.2) is 0 Å². The van der Waals surface area contributed by atoms with E-state index < -0.39 is 0 Å². The third kappa shape index (κ3) is 2.89. The van der Waals surface area contributed by atoms with Crippen molar-refractivity contribution in [2.45, 2.75) is 6.61 Å². The number of fused-ring (bicyclic) bond motifs is 1. The van der Waals surface area contributed by atoms with Gasteiger partial charge >= 0.3 is 5.97 Å². The lowest BCUT2D eigenvalue weighted by Crippen LogP contribution is -1.98. The van der Waals surface area contributed by atoms with Crippen LogP contribution < -0.4 is 4.74 Å². The fourth-order valence-electron chi connectivity index (χ4n) is 2.14. The zero-order valence-corrected chi connectivity index (χ0v) is 11.7. The van der Waals surface area contributed by atoms with Crippen molar-refractivity contribution in [3.8, 4) is 5.75 Å². The number of aromatic nitrogens is 1. The third-order valence-electron chi connectivity index (χ3n) is 3.23. The Morgan fingerprint density at radius 3 is 2.67 bits per heavy atom. The van der Waals surface area contributed by atoms with Crippen LogP contribution in [-0.4, -0.2) is 17.5 Å². The first-order valence-electron chi connectivity index (χ1n) is 6.63. The molecule has 0 aliphatic heterocycles. The molecule has 0 fully saturated rings. The third-order valence-corrected chi connectivity index (χ3v) is 3.23. The predicted molar refractivity (Wildman–Crippen MR) is 79.5 cm³/mol. The molecular formula is C17H15NO3. The number of ether oxygens (including phenoxy) is 2. The summed E-state index contributed by atoms with van der Waals surface area (Å²) >= 11 is 0. The second kappa shape index (κ2) is 5.71. The highest BCUT2D eigenvalue weighted by molar-refractivity contribution is 5.91. The molecule has 4 nitrogen and oxygen atoms in total. The quantitative estimate of drug-likeness (QED) is 0.689. The Hall–Kier alpha value is -2.75. The molecule has 0 aliphatic rings. The van der Waals surface area contributed by atoms with Gasteiger partial charge in [-0.25, -0.2) is 4.79 Å². The van der Waals surface area contributed by atoms with E-state index in [0.29, 0.717) is 12.2 Å². The topological polar surface area (TPSA) is 39.9 Å². The number of pyridine rings is 1. The maximum absolute atomic E-state index is 11.5. The van der Waals surface area contributed by atoms with Crippen LogP contribution in [0, 0.1) is 0 Å². The molecule has 21 heavy (non-hydrogen) atoms. The first-order chi connectivity index (χ1) is 10.3. The Morgan fingerprint density at radius 1 is 1.10 bits per heavy atom. The Morgan fingerprint density at radius 2 is 1.90 bits per heavy atom. The Bertz CT molecular complexity index is 762. The summed E-state index contributed by atoms with van der Waals surface area (Å²) in [5.41, 5.74) is 2.56. The molecular weight excluding hydrogens is 266 g/mol. The van der Waals surface area contributed by atoms with Crippen molar-refractivity contribution in [2.75, 3.05) is 7.11 Å². The summed E-state index contributed by atoms with van der Waals surface area (Å²) < 4.78 is 12.3. The first-order valence-corrected chi connectivity index (χ1v) is 6.63. The molecule has 0 bridgehead atoms. The van der Waals surface area contributed by atoms with E-state index in [9.17, 15) is 4.79 Å². The molecule has 0 atom stereocenters. The molecule has 0 spiro atoms. The van der Waals surface area contributed by atoms with Gasteiger partial charge in [-0.15, -0.1) is 0 Å². The van der Waals surface area contributed by atoms with E-state index >= 15 is 0 Å². The van der Waals surface area contributed by atoms with Crippen molar-refractivity contribution in [3.63, 3.8) is 0 Å². The van der Waals surface area contributed by atoms with Crippen molar-refractivity contribution in [2.24, 2.45) is 0 Å². The average molecular weight is 281 g/mol. The summed E-state index contributed by atoms with van der Waals surface area (Å²) in [6.07, 6.45) is 3.58. The van der Waals surface area contributed by atoms with E-state index in [1.165, 1.54) is 7.11 Å². The van der Waals surface area contributed by atoms with Gasteiger partial charge in [0.2, 0.25) is 0 Å². The van der Waals surface area contributed by atoms with Crippen LogP contribution >= 0.6 is 0 Å². The number of hydrogen-bond donors (Lipinski definition) is 0. The molecule has 2 aromatic heterocycles. The Kier molecular flexibility index (Phi) is 3.60. The second-order valence-corrected chi connectivity index (χ2v) is 4.69. The average Bonchev–Trinajstić information content (AvgIpc) is 2.96. The van der Waals surface area contributed by atoms with Gasteiger partial charge in [0.1, 0.15) is 12.4 Å². The number of benzene rings is 1. The zero-order chi connectivity index (χ0) is 14.7. The van der Waals surface area contributed by atoms with Gasteiger partial charge in [-0.1, -0.05) is 30.3 Å². The summed E-state index contributed by atoms with van der Waals surface area (Å²) in [6.45, 7) is 0.511. The number of methoxy groups -OCH3 is 1. The van der Waals surface area contributed by atoms with Crippen molar-refractivity contribution in [1.82, 2.24) is 4.40 Å². The van der Waals surface area contributed by atoms with Gasteiger partial charge in [-0.3, -0.25) is 0 Å². The van der Waals surface area contributed by atoms with Crippen LogP contribution in [0.1, 0.15) is 15.9 Å². The molecule has 106 valence electrons. The Balaban J connectivity index is 1.79.